The Hall–Kier alpha value is -0.0451. The zero-order valence-corrected chi connectivity index (χ0v) is 7.94. The van der Waals surface area contributed by atoms with Crippen molar-refractivity contribution in [1.82, 2.24) is 4.90 Å². The quantitative estimate of drug-likeness (QED) is 0.536. The van der Waals surface area contributed by atoms with Gasteiger partial charge in [0, 0.05) is 6.54 Å². The molecule has 0 spiro atoms. The van der Waals surface area contributed by atoms with Crippen LogP contribution in [-0.2, 0) is 0 Å². The third kappa shape index (κ3) is 6.36. The van der Waals surface area contributed by atoms with Crippen molar-refractivity contribution in [3.05, 3.63) is 0 Å². The molecule has 0 aromatic heterocycles. The molecular formula is C8H19BFN. The molecule has 0 aliphatic rings. The van der Waals surface area contributed by atoms with E-state index in [0.29, 0.717) is 6.54 Å². The van der Waals surface area contributed by atoms with E-state index >= 15 is 0 Å². The van der Waals surface area contributed by atoms with Crippen LogP contribution in [0.5, 0.6) is 0 Å². The molecule has 0 saturated carbocycles. The third-order valence-electron chi connectivity index (χ3n) is 1.87. The third-order valence-corrected chi connectivity index (χ3v) is 1.87. The highest BCUT2D eigenvalue weighted by atomic mass is 19.1. The molecule has 1 nitrogen and oxygen atoms in total. The van der Waals surface area contributed by atoms with Crippen molar-refractivity contribution in [2.45, 2.75) is 26.9 Å². The summed E-state index contributed by atoms with van der Waals surface area (Å²) in [5.41, 5.74) is 0. The lowest BCUT2D eigenvalue weighted by molar-refractivity contribution is 0.271. The number of hydrogen-bond acceptors (Lipinski definition) is 1. The summed E-state index contributed by atoms with van der Waals surface area (Å²) in [7, 11) is 0. The minimum absolute atomic E-state index is 0.216. The smallest absolute Gasteiger partial charge is 0.134 e. The number of hydrogen-bond donors (Lipinski definition) is 0. The predicted octanol–water partition coefficient (Wildman–Crippen LogP) is 2.03. The average molecular weight is 159 g/mol. The van der Waals surface area contributed by atoms with Crippen molar-refractivity contribution in [3.63, 3.8) is 0 Å². The lowest BCUT2D eigenvalue weighted by atomic mass is 9.52. The van der Waals surface area contributed by atoms with Gasteiger partial charge in [0.05, 0.1) is 0 Å². The van der Waals surface area contributed by atoms with Crippen LogP contribution in [0, 0.1) is 0 Å². The molecule has 0 unspecified atom stereocenters. The first kappa shape index (κ1) is 11.0. The van der Waals surface area contributed by atoms with Crippen LogP contribution in [-0.4, -0.2) is 37.9 Å². The van der Waals surface area contributed by atoms with Crippen molar-refractivity contribution < 1.29 is 4.39 Å². The van der Waals surface area contributed by atoms with Crippen LogP contribution in [0.15, 0.2) is 0 Å². The zero-order chi connectivity index (χ0) is 8.69. The summed E-state index contributed by atoms with van der Waals surface area (Å²) in [6.45, 7) is 9.59. The summed E-state index contributed by atoms with van der Waals surface area (Å²) in [6, 6.07) is 0. The maximum absolute atomic E-state index is 11.9. The van der Waals surface area contributed by atoms with Gasteiger partial charge in [0.15, 0.2) is 0 Å². The van der Waals surface area contributed by atoms with Gasteiger partial charge in [-0.2, -0.15) is 0 Å². The summed E-state index contributed by atoms with van der Waals surface area (Å²) < 4.78 is 11.9. The van der Waals surface area contributed by atoms with Crippen molar-refractivity contribution in [2.75, 3.05) is 26.3 Å². The molecule has 66 valence electrons. The Bertz CT molecular complexity index is 88.2. The van der Waals surface area contributed by atoms with E-state index in [-0.39, 0.29) is 6.67 Å². The lowest BCUT2D eigenvalue weighted by Crippen LogP contribution is -2.28. The van der Waals surface area contributed by atoms with Gasteiger partial charge < -0.3 is 4.90 Å². The fourth-order valence-electron chi connectivity index (χ4n) is 0.988. The van der Waals surface area contributed by atoms with E-state index in [9.17, 15) is 4.39 Å². The second-order valence-electron chi connectivity index (χ2n) is 3.31. The van der Waals surface area contributed by atoms with Crippen LogP contribution in [0.3, 0.4) is 0 Å². The minimum Gasteiger partial charge on any atom is -0.302 e. The molecular weight excluding hydrogens is 140 g/mol. The molecule has 0 fully saturated rings. The van der Waals surface area contributed by atoms with Gasteiger partial charge in [0.25, 0.3) is 0 Å². The van der Waals surface area contributed by atoms with Crippen LogP contribution in [0.1, 0.15) is 6.92 Å². The molecule has 0 saturated heterocycles. The second kappa shape index (κ2) is 6.65. The van der Waals surface area contributed by atoms with E-state index in [1.165, 1.54) is 6.32 Å². The highest BCUT2D eigenvalue weighted by Crippen LogP contribution is 1.96. The van der Waals surface area contributed by atoms with Gasteiger partial charge in [-0.15, -0.1) is 0 Å². The molecule has 0 aliphatic heterocycles. The Morgan fingerprint density at radius 1 is 1.27 bits per heavy atom. The monoisotopic (exact) mass is 159 g/mol. The first-order valence-corrected chi connectivity index (χ1v) is 4.49. The Balaban J connectivity index is 3.35. The summed E-state index contributed by atoms with van der Waals surface area (Å²) in [5.74, 6) is 0. The molecule has 0 radical (unpaired) electrons. The van der Waals surface area contributed by atoms with E-state index in [4.69, 9.17) is 0 Å². The van der Waals surface area contributed by atoms with Gasteiger partial charge in [0.2, 0.25) is 0 Å². The van der Waals surface area contributed by atoms with Gasteiger partial charge in [-0.3, -0.25) is 0 Å². The van der Waals surface area contributed by atoms with E-state index in [2.05, 4.69) is 25.5 Å². The Morgan fingerprint density at radius 2 is 1.91 bits per heavy atom. The SMILES string of the molecule is CCN(CCF)CCB(C)C. The fourth-order valence-corrected chi connectivity index (χ4v) is 0.988. The molecule has 0 bridgehead atoms. The highest BCUT2D eigenvalue weighted by Gasteiger charge is 2.03. The van der Waals surface area contributed by atoms with Gasteiger partial charge in [-0.25, -0.2) is 4.39 Å². The summed E-state index contributed by atoms with van der Waals surface area (Å²) in [4.78, 5) is 2.15. The summed E-state index contributed by atoms with van der Waals surface area (Å²) in [5, 5.41) is 0. The molecule has 11 heavy (non-hydrogen) atoms. The molecule has 0 atom stereocenters. The minimum atomic E-state index is -0.216. The largest absolute Gasteiger partial charge is 0.302 e. The zero-order valence-electron chi connectivity index (χ0n) is 7.94. The maximum atomic E-state index is 11.9. The Kier molecular flexibility index (Phi) is 6.62. The van der Waals surface area contributed by atoms with E-state index in [1.807, 2.05) is 0 Å². The van der Waals surface area contributed by atoms with Crippen LogP contribution in [0.25, 0.3) is 0 Å². The van der Waals surface area contributed by atoms with Crippen molar-refractivity contribution in [3.8, 4) is 0 Å². The van der Waals surface area contributed by atoms with Crippen molar-refractivity contribution in [2.24, 2.45) is 0 Å². The van der Waals surface area contributed by atoms with Crippen LogP contribution in [0.4, 0.5) is 4.39 Å². The van der Waals surface area contributed by atoms with Crippen LogP contribution < -0.4 is 0 Å². The standard InChI is InChI=1S/C8H19BFN/c1-4-11(8-6-10)7-5-9(2)3/h4-8H2,1-3H3. The van der Waals surface area contributed by atoms with Gasteiger partial charge in [-0.1, -0.05) is 26.9 Å². The topological polar surface area (TPSA) is 3.24 Å². The predicted molar refractivity (Wildman–Crippen MR) is 50.4 cm³/mol. The van der Waals surface area contributed by atoms with Crippen LogP contribution in [0.2, 0.25) is 20.0 Å². The first-order chi connectivity index (χ1) is 5.20. The first-order valence-electron chi connectivity index (χ1n) is 4.49. The fraction of sp³-hybridized carbons (Fsp3) is 1.00. The normalized spacial score (nSPS) is 10.6. The Labute approximate surface area is 70.0 Å². The van der Waals surface area contributed by atoms with Gasteiger partial charge >= 0.3 is 0 Å². The average Bonchev–Trinajstić information content (AvgIpc) is 1.97. The number of halogens is 1. The number of nitrogens with zero attached hydrogens (tertiary/aromatic N) is 1. The molecule has 0 aliphatic carbocycles. The van der Waals surface area contributed by atoms with Gasteiger partial charge in [0.1, 0.15) is 13.4 Å². The molecule has 0 aromatic carbocycles. The second-order valence-corrected chi connectivity index (χ2v) is 3.31. The highest BCUT2D eigenvalue weighted by molar-refractivity contribution is 6.55. The van der Waals surface area contributed by atoms with E-state index < -0.39 is 0 Å². The summed E-state index contributed by atoms with van der Waals surface area (Å²) in [6.07, 6.45) is 1.17. The lowest BCUT2D eigenvalue weighted by Gasteiger charge is -2.18. The molecule has 3 heteroatoms. The Morgan fingerprint density at radius 3 is 2.27 bits per heavy atom. The van der Waals surface area contributed by atoms with E-state index in [1.54, 1.807) is 0 Å². The number of rotatable bonds is 6. The molecule has 0 heterocycles. The molecule has 0 amide bonds. The molecule has 0 rings (SSSR count). The van der Waals surface area contributed by atoms with E-state index in [0.717, 1.165) is 19.8 Å². The van der Waals surface area contributed by atoms with Crippen molar-refractivity contribution >= 4 is 6.71 Å². The number of alkyl halides is 1. The molecule has 0 N–H and O–H groups in total. The van der Waals surface area contributed by atoms with Crippen molar-refractivity contribution in [1.29, 1.82) is 0 Å². The van der Waals surface area contributed by atoms with Gasteiger partial charge in [-0.05, 0) is 13.1 Å². The molecule has 0 aromatic rings. The van der Waals surface area contributed by atoms with Crippen LogP contribution >= 0.6 is 0 Å². The maximum Gasteiger partial charge on any atom is 0.134 e. The summed E-state index contributed by atoms with van der Waals surface area (Å²) >= 11 is 0.